The number of amides is 1. The lowest BCUT2D eigenvalue weighted by molar-refractivity contribution is -0.118. The molecule has 1 aromatic carbocycles. The van der Waals surface area contributed by atoms with Gasteiger partial charge in [0.2, 0.25) is 0 Å². The summed E-state index contributed by atoms with van der Waals surface area (Å²) in [5.41, 5.74) is 1.48. The van der Waals surface area contributed by atoms with Crippen LogP contribution in [-0.4, -0.2) is 19.1 Å². The number of ether oxygens (including phenoxy) is 1. The minimum atomic E-state index is -0.152. The monoisotopic (exact) mass is 282 g/mol. The average molecular weight is 283 g/mol. The lowest BCUT2D eigenvalue weighted by Crippen LogP contribution is -2.25. The van der Waals surface area contributed by atoms with Crippen LogP contribution in [0.1, 0.15) is 26.7 Å². The van der Waals surface area contributed by atoms with Crippen molar-refractivity contribution in [1.29, 1.82) is 0 Å². The Balaban J connectivity index is 2.12. The van der Waals surface area contributed by atoms with E-state index >= 15 is 0 Å². The highest BCUT2D eigenvalue weighted by Gasteiger charge is 2.18. The minimum Gasteiger partial charge on any atom is -0.482 e. The van der Waals surface area contributed by atoms with E-state index in [9.17, 15) is 4.79 Å². The maximum absolute atomic E-state index is 11.2. The Labute approximate surface area is 118 Å². The van der Waals surface area contributed by atoms with E-state index in [4.69, 9.17) is 16.3 Å². The highest BCUT2D eigenvalue weighted by Crippen LogP contribution is 2.36. The molecule has 1 aromatic rings. The summed E-state index contributed by atoms with van der Waals surface area (Å²) in [6, 6.07) is 3.57. The van der Waals surface area contributed by atoms with Crippen LogP contribution in [0.4, 0.5) is 11.4 Å². The SMILES string of the molecule is CCC(CC)CNc1cc2c(cc1Cl)NC(=O)CO2. The number of hydrogen-bond donors (Lipinski definition) is 2. The van der Waals surface area contributed by atoms with Crippen LogP contribution in [0, 0.1) is 5.92 Å². The van der Waals surface area contributed by atoms with Crippen LogP contribution in [0.25, 0.3) is 0 Å². The number of benzene rings is 1. The summed E-state index contributed by atoms with van der Waals surface area (Å²) < 4.78 is 5.38. The molecule has 0 unspecified atom stereocenters. The zero-order chi connectivity index (χ0) is 13.8. The van der Waals surface area contributed by atoms with E-state index in [1.165, 1.54) is 0 Å². The predicted molar refractivity (Wildman–Crippen MR) is 78.1 cm³/mol. The first kappa shape index (κ1) is 14.0. The number of halogens is 1. The van der Waals surface area contributed by atoms with Crippen LogP contribution in [0.5, 0.6) is 5.75 Å². The third-order valence-electron chi connectivity index (χ3n) is 3.44. The van der Waals surface area contributed by atoms with E-state index in [-0.39, 0.29) is 12.5 Å². The summed E-state index contributed by atoms with van der Waals surface area (Å²) in [6.45, 7) is 5.31. The molecule has 0 atom stereocenters. The lowest BCUT2D eigenvalue weighted by atomic mass is 10.0. The Morgan fingerprint density at radius 1 is 1.42 bits per heavy atom. The molecular weight excluding hydrogens is 264 g/mol. The summed E-state index contributed by atoms with van der Waals surface area (Å²) in [7, 11) is 0. The molecule has 0 saturated carbocycles. The lowest BCUT2D eigenvalue weighted by Gasteiger charge is -2.21. The molecule has 0 spiro atoms. The summed E-state index contributed by atoms with van der Waals surface area (Å²) >= 11 is 6.21. The van der Waals surface area contributed by atoms with Gasteiger partial charge in [0.05, 0.1) is 16.4 Å². The summed E-state index contributed by atoms with van der Waals surface area (Å²) in [5.74, 6) is 1.14. The van der Waals surface area contributed by atoms with E-state index in [1.54, 1.807) is 6.07 Å². The van der Waals surface area contributed by atoms with Crippen LogP contribution in [0.15, 0.2) is 12.1 Å². The molecule has 2 rings (SSSR count). The van der Waals surface area contributed by atoms with E-state index < -0.39 is 0 Å². The Bertz CT molecular complexity index is 473. The molecule has 1 heterocycles. The topological polar surface area (TPSA) is 50.4 Å². The van der Waals surface area contributed by atoms with Crippen molar-refractivity contribution in [2.45, 2.75) is 26.7 Å². The van der Waals surface area contributed by atoms with Crippen molar-refractivity contribution in [3.8, 4) is 5.75 Å². The van der Waals surface area contributed by atoms with Gasteiger partial charge in [0.1, 0.15) is 5.75 Å². The van der Waals surface area contributed by atoms with E-state index in [0.717, 1.165) is 25.1 Å². The molecule has 0 saturated heterocycles. The first-order valence-electron chi connectivity index (χ1n) is 6.64. The number of rotatable bonds is 5. The number of anilines is 2. The zero-order valence-corrected chi connectivity index (χ0v) is 12.0. The average Bonchev–Trinajstić information content (AvgIpc) is 2.40. The van der Waals surface area contributed by atoms with Gasteiger partial charge in [-0.2, -0.15) is 0 Å². The van der Waals surface area contributed by atoms with Gasteiger partial charge >= 0.3 is 0 Å². The summed E-state index contributed by atoms with van der Waals surface area (Å²) in [4.78, 5) is 11.2. The highest BCUT2D eigenvalue weighted by molar-refractivity contribution is 6.33. The van der Waals surface area contributed by atoms with Gasteiger partial charge in [-0.15, -0.1) is 0 Å². The predicted octanol–water partition coefficient (Wildman–Crippen LogP) is 3.52. The molecule has 0 radical (unpaired) electrons. The molecule has 0 aliphatic carbocycles. The molecule has 19 heavy (non-hydrogen) atoms. The highest BCUT2D eigenvalue weighted by atomic mass is 35.5. The van der Waals surface area contributed by atoms with Crippen molar-refractivity contribution >= 4 is 28.9 Å². The van der Waals surface area contributed by atoms with Gasteiger partial charge in [0.25, 0.3) is 5.91 Å². The fraction of sp³-hybridized carbons (Fsp3) is 0.500. The van der Waals surface area contributed by atoms with Crippen molar-refractivity contribution in [2.24, 2.45) is 5.92 Å². The second kappa shape index (κ2) is 6.15. The van der Waals surface area contributed by atoms with Crippen molar-refractivity contribution in [1.82, 2.24) is 0 Å². The normalized spacial score (nSPS) is 13.8. The van der Waals surface area contributed by atoms with E-state index in [1.807, 2.05) is 6.07 Å². The number of carbonyl (C=O) groups excluding carboxylic acids is 1. The van der Waals surface area contributed by atoms with Crippen molar-refractivity contribution in [2.75, 3.05) is 23.8 Å². The van der Waals surface area contributed by atoms with Crippen LogP contribution < -0.4 is 15.4 Å². The smallest absolute Gasteiger partial charge is 0.262 e. The van der Waals surface area contributed by atoms with Crippen molar-refractivity contribution < 1.29 is 9.53 Å². The van der Waals surface area contributed by atoms with Gasteiger partial charge in [-0.3, -0.25) is 4.79 Å². The van der Waals surface area contributed by atoms with Gasteiger partial charge in [-0.1, -0.05) is 38.3 Å². The molecule has 4 nitrogen and oxygen atoms in total. The Morgan fingerprint density at radius 3 is 2.84 bits per heavy atom. The van der Waals surface area contributed by atoms with Crippen LogP contribution in [-0.2, 0) is 4.79 Å². The molecule has 1 amide bonds. The van der Waals surface area contributed by atoms with Crippen LogP contribution in [0.3, 0.4) is 0 Å². The number of hydrogen-bond acceptors (Lipinski definition) is 3. The number of carbonyl (C=O) groups is 1. The van der Waals surface area contributed by atoms with Crippen LogP contribution in [0.2, 0.25) is 5.02 Å². The molecule has 0 bridgehead atoms. The van der Waals surface area contributed by atoms with Crippen molar-refractivity contribution in [3.63, 3.8) is 0 Å². The Hall–Kier alpha value is -1.42. The summed E-state index contributed by atoms with van der Waals surface area (Å²) in [5, 5.41) is 6.68. The number of fused-ring (bicyclic) bond motifs is 1. The van der Waals surface area contributed by atoms with E-state index in [0.29, 0.717) is 22.4 Å². The Morgan fingerprint density at radius 2 is 2.16 bits per heavy atom. The second-order valence-corrected chi connectivity index (χ2v) is 5.14. The van der Waals surface area contributed by atoms with Gasteiger partial charge in [0.15, 0.2) is 6.61 Å². The number of nitrogens with one attached hydrogen (secondary N) is 2. The molecule has 0 aromatic heterocycles. The van der Waals surface area contributed by atoms with Crippen molar-refractivity contribution in [3.05, 3.63) is 17.2 Å². The fourth-order valence-electron chi connectivity index (χ4n) is 2.07. The molecule has 5 heteroatoms. The first-order valence-corrected chi connectivity index (χ1v) is 7.01. The van der Waals surface area contributed by atoms with Gasteiger partial charge in [-0.25, -0.2) is 0 Å². The minimum absolute atomic E-state index is 0.0562. The molecular formula is C14H19ClN2O2. The fourth-order valence-corrected chi connectivity index (χ4v) is 2.30. The standard InChI is InChI=1S/C14H19ClN2O2/c1-3-9(4-2)7-16-11-6-13-12(5-10(11)15)17-14(18)8-19-13/h5-6,9,16H,3-4,7-8H2,1-2H3,(H,17,18). The maximum atomic E-state index is 11.2. The third kappa shape index (κ3) is 3.32. The first-order chi connectivity index (χ1) is 9.13. The van der Waals surface area contributed by atoms with Gasteiger partial charge < -0.3 is 15.4 Å². The van der Waals surface area contributed by atoms with Gasteiger partial charge in [-0.05, 0) is 12.0 Å². The molecule has 0 fully saturated rings. The van der Waals surface area contributed by atoms with Gasteiger partial charge in [0, 0.05) is 12.6 Å². The van der Waals surface area contributed by atoms with Crippen LogP contribution >= 0.6 is 11.6 Å². The molecule has 104 valence electrons. The molecule has 1 aliphatic heterocycles. The van der Waals surface area contributed by atoms with E-state index in [2.05, 4.69) is 24.5 Å². The molecule has 2 N–H and O–H groups in total. The zero-order valence-electron chi connectivity index (χ0n) is 11.3. The Kier molecular flexibility index (Phi) is 4.53. The largest absolute Gasteiger partial charge is 0.482 e. The summed E-state index contributed by atoms with van der Waals surface area (Å²) in [6.07, 6.45) is 2.28. The second-order valence-electron chi connectivity index (χ2n) is 4.73. The maximum Gasteiger partial charge on any atom is 0.262 e. The third-order valence-corrected chi connectivity index (χ3v) is 3.75. The quantitative estimate of drug-likeness (QED) is 0.869. The molecule has 1 aliphatic rings.